The zero-order chi connectivity index (χ0) is 10.9. The molecule has 0 aromatic carbocycles. The van der Waals surface area contributed by atoms with E-state index in [9.17, 15) is 4.79 Å². The van der Waals surface area contributed by atoms with Crippen LogP contribution in [0, 0.1) is 5.41 Å². The Balaban J connectivity index is 2.76. The van der Waals surface area contributed by atoms with Crippen LogP contribution in [-0.2, 0) is 4.79 Å². The van der Waals surface area contributed by atoms with Crippen molar-refractivity contribution in [3.8, 4) is 0 Å². The van der Waals surface area contributed by atoms with Gasteiger partial charge in [0.25, 0.3) is 0 Å². The van der Waals surface area contributed by atoms with E-state index in [2.05, 4.69) is 10.4 Å². The molecule has 4 nitrogen and oxygen atoms in total. The van der Waals surface area contributed by atoms with Gasteiger partial charge < -0.3 is 0 Å². The molecule has 1 fully saturated rings. The highest BCUT2D eigenvalue weighted by Crippen LogP contribution is 2.27. The van der Waals surface area contributed by atoms with E-state index in [0.29, 0.717) is 0 Å². The number of amides is 1. The van der Waals surface area contributed by atoms with E-state index in [-0.39, 0.29) is 16.7 Å². The van der Waals surface area contributed by atoms with Crippen LogP contribution in [0.2, 0.25) is 0 Å². The lowest BCUT2D eigenvalue weighted by Crippen LogP contribution is -2.47. The predicted molar refractivity (Wildman–Crippen MR) is 59.8 cm³/mol. The van der Waals surface area contributed by atoms with Crippen molar-refractivity contribution in [2.45, 2.75) is 33.1 Å². The maximum atomic E-state index is 11.9. The van der Waals surface area contributed by atoms with Crippen molar-refractivity contribution in [1.82, 2.24) is 10.4 Å². The van der Waals surface area contributed by atoms with E-state index in [1.807, 2.05) is 27.7 Å². The number of hydrogen-bond donors (Lipinski definition) is 1. The summed E-state index contributed by atoms with van der Waals surface area (Å²) in [5.74, 6) is 0.0937. The van der Waals surface area contributed by atoms with Crippen LogP contribution in [0.3, 0.4) is 0 Å². The quantitative estimate of drug-likeness (QED) is 0.665. The zero-order valence-electron chi connectivity index (χ0n) is 9.29. The molecule has 0 saturated carbocycles. The second-order valence-corrected chi connectivity index (χ2v) is 5.59. The monoisotopic (exact) mass is 215 g/mol. The number of carbonyl (C=O) groups is 1. The predicted octanol–water partition coefficient (Wildman–Crippen LogP) is 1.44. The van der Waals surface area contributed by atoms with Crippen LogP contribution in [-0.4, -0.2) is 28.5 Å². The van der Waals surface area contributed by atoms with Crippen molar-refractivity contribution in [2.75, 3.05) is 7.05 Å². The molecule has 0 radical (unpaired) electrons. The van der Waals surface area contributed by atoms with Gasteiger partial charge >= 0.3 is 0 Å². The third-order valence-corrected chi connectivity index (χ3v) is 2.97. The standard InChI is InChI=1S/C9H17N3OS/c1-6-12(7(13)9(2,3)4)11-8(10-5)14-6/h6H,1-5H3,(H,10,11). The highest BCUT2D eigenvalue weighted by Gasteiger charge is 2.35. The smallest absolute Gasteiger partial charge is 0.247 e. The summed E-state index contributed by atoms with van der Waals surface area (Å²) >= 11 is 1.56. The fourth-order valence-corrected chi connectivity index (χ4v) is 1.95. The molecule has 1 rings (SSSR count). The maximum absolute atomic E-state index is 11.9. The van der Waals surface area contributed by atoms with E-state index >= 15 is 0 Å². The van der Waals surface area contributed by atoms with Crippen molar-refractivity contribution >= 4 is 22.8 Å². The van der Waals surface area contributed by atoms with Crippen molar-refractivity contribution in [3.05, 3.63) is 0 Å². The second kappa shape index (κ2) is 3.81. The molecule has 0 bridgehead atoms. The fourth-order valence-electron chi connectivity index (χ4n) is 1.11. The molecule has 1 saturated heterocycles. The molecular weight excluding hydrogens is 198 g/mol. The highest BCUT2D eigenvalue weighted by molar-refractivity contribution is 8.14. The number of carbonyl (C=O) groups excluding carboxylic acids is 1. The Bertz CT molecular complexity index is 270. The maximum Gasteiger partial charge on any atom is 0.247 e. The molecule has 80 valence electrons. The third-order valence-electron chi connectivity index (χ3n) is 1.93. The molecule has 1 atom stereocenters. The van der Waals surface area contributed by atoms with Crippen LogP contribution in [0.25, 0.3) is 0 Å². The van der Waals surface area contributed by atoms with E-state index in [1.54, 1.807) is 23.8 Å². The number of rotatable bonds is 0. The number of amidine groups is 1. The summed E-state index contributed by atoms with van der Waals surface area (Å²) in [6.07, 6.45) is 0. The molecule has 1 aliphatic rings. The minimum atomic E-state index is -0.356. The largest absolute Gasteiger partial charge is 0.273 e. The Labute approximate surface area is 89.1 Å². The average Bonchev–Trinajstić information content (AvgIpc) is 2.43. The van der Waals surface area contributed by atoms with E-state index in [0.717, 1.165) is 5.17 Å². The van der Waals surface area contributed by atoms with Gasteiger partial charge in [0.1, 0.15) is 5.37 Å². The molecule has 1 N–H and O–H groups in total. The lowest BCUT2D eigenvalue weighted by Gasteiger charge is -2.27. The van der Waals surface area contributed by atoms with Gasteiger partial charge in [0.2, 0.25) is 5.91 Å². The van der Waals surface area contributed by atoms with Gasteiger partial charge in [-0.25, -0.2) is 5.01 Å². The minimum Gasteiger partial charge on any atom is -0.273 e. The first-order valence-corrected chi connectivity index (χ1v) is 5.48. The highest BCUT2D eigenvalue weighted by atomic mass is 32.2. The molecule has 1 amide bonds. The van der Waals surface area contributed by atoms with Gasteiger partial charge in [-0.1, -0.05) is 32.5 Å². The van der Waals surface area contributed by atoms with Gasteiger partial charge in [-0.2, -0.15) is 0 Å². The number of hydrazine groups is 1. The summed E-state index contributed by atoms with van der Waals surface area (Å²) in [6.45, 7) is 7.72. The number of nitrogens with zero attached hydrogens (tertiary/aromatic N) is 2. The number of hydrogen-bond acceptors (Lipinski definition) is 3. The number of thioether (sulfide) groups is 1. The SMILES string of the molecule is CN=C1NN(C(=O)C(C)(C)C)C(C)S1. The number of aliphatic imine (C=N–C) groups is 1. The Morgan fingerprint density at radius 3 is 2.50 bits per heavy atom. The lowest BCUT2D eigenvalue weighted by atomic mass is 9.95. The molecule has 0 aliphatic carbocycles. The minimum absolute atomic E-state index is 0.0937. The van der Waals surface area contributed by atoms with Crippen LogP contribution >= 0.6 is 11.8 Å². The van der Waals surface area contributed by atoms with Gasteiger partial charge in [0.05, 0.1) is 0 Å². The summed E-state index contributed by atoms with van der Waals surface area (Å²) in [5.41, 5.74) is 2.64. The summed E-state index contributed by atoms with van der Waals surface area (Å²) in [6, 6.07) is 0. The van der Waals surface area contributed by atoms with Crippen LogP contribution < -0.4 is 5.43 Å². The molecule has 0 aromatic rings. The molecular formula is C9H17N3OS. The molecule has 14 heavy (non-hydrogen) atoms. The van der Waals surface area contributed by atoms with Crippen LogP contribution in [0.15, 0.2) is 4.99 Å². The average molecular weight is 215 g/mol. The normalized spacial score (nSPS) is 25.4. The Kier molecular flexibility index (Phi) is 3.09. The first kappa shape index (κ1) is 11.4. The first-order valence-electron chi connectivity index (χ1n) is 4.60. The van der Waals surface area contributed by atoms with Gasteiger partial charge in [-0.15, -0.1) is 0 Å². The number of nitrogens with one attached hydrogen (secondary N) is 1. The Morgan fingerprint density at radius 2 is 2.14 bits per heavy atom. The van der Waals surface area contributed by atoms with E-state index < -0.39 is 0 Å². The van der Waals surface area contributed by atoms with Gasteiger partial charge in [0.15, 0.2) is 5.17 Å². The zero-order valence-corrected chi connectivity index (χ0v) is 10.1. The van der Waals surface area contributed by atoms with Gasteiger partial charge in [-0.3, -0.25) is 15.2 Å². The van der Waals surface area contributed by atoms with Crippen LogP contribution in [0.5, 0.6) is 0 Å². The Hall–Kier alpha value is -0.710. The third kappa shape index (κ3) is 2.20. The van der Waals surface area contributed by atoms with Crippen molar-refractivity contribution in [1.29, 1.82) is 0 Å². The van der Waals surface area contributed by atoms with E-state index in [1.165, 1.54) is 0 Å². The van der Waals surface area contributed by atoms with E-state index in [4.69, 9.17) is 0 Å². The first-order chi connectivity index (χ1) is 6.36. The molecule has 5 heteroatoms. The fraction of sp³-hybridized carbons (Fsp3) is 0.778. The molecule has 1 heterocycles. The summed E-state index contributed by atoms with van der Waals surface area (Å²) in [4.78, 5) is 16.0. The van der Waals surface area contributed by atoms with Gasteiger partial charge in [0, 0.05) is 12.5 Å². The van der Waals surface area contributed by atoms with Crippen LogP contribution in [0.4, 0.5) is 0 Å². The Morgan fingerprint density at radius 1 is 1.57 bits per heavy atom. The van der Waals surface area contributed by atoms with Crippen LogP contribution in [0.1, 0.15) is 27.7 Å². The summed E-state index contributed by atoms with van der Waals surface area (Å²) in [5, 5.41) is 2.56. The molecule has 1 unspecified atom stereocenters. The molecule has 0 aromatic heterocycles. The molecule has 1 aliphatic heterocycles. The summed E-state index contributed by atoms with van der Waals surface area (Å²) < 4.78 is 0. The van der Waals surface area contributed by atoms with Crippen molar-refractivity contribution in [3.63, 3.8) is 0 Å². The summed E-state index contributed by atoms with van der Waals surface area (Å²) in [7, 11) is 1.72. The second-order valence-electron chi connectivity index (χ2n) is 4.28. The topological polar surface area (TPSA) is 44.7 Å². The van der Waals surface area contributed by atoms with Crippen molar-refractivity contribution < 1.29 is 4.79 Å². The molecule has 0 spiro atoms. The van der Waals surface area contributed by atoms with Crippen molar-refractivity contribution in [2.24, 2.45) is 10.4 Å². The lowest BCUT2D eigenvalue weighted by molar-refractivity contribution is -0.141. The van der Waals surface area contributed by atoms with Gasteiger partial charge in [-0.05, 0) is 6.92 Å².